The van der Waals surface area contributed by atoms with Crippen LogP contribution in [-0.4, -0.2) is 8.80 Å². The number of hydrogen-bond donors (Lipinski definition) is 0. The van der Waals surface area contributed by atoms with E-state index >= 15 is 0 Å². The molecule has 0 bridgehead atoms. The van der Waals surface area contributed by atoms with Crippen LogP contribution in [0.25, 0.3) is 0 Å². The van der Waals surface area contributed by atoms with Crippen molar-refractivity contribution in [3.63, 3.8) is 0 Å². The number of rotatable bonds is 1. The molecule has 0 spiro atoms. The molecule has 1 unspecified atom stereocenters. The molecule has 0 fully saturated rings. The minimum Gasteiger partial charge on any atom is -0.133 e. The van der Waals surface area contributed by atoms with Gasteiger partial charge in [-0.05, 0) is 6.42 Å². The van der Waals surface area contributed by atoms with E-state index in [0.29, 0.717) is 5.92 Å². The van der Waals surface area contributed by atoms with Gasteiger partial charge in [0.15, 0.2) is 0 Å². The molecular weight excluding hydrogens is 124 g/mol. The lowest BCUT2D eigenvalue weighted by Gasteiger charge is -1.94. The van der Waals surface area contributed by atoms with E-state index in [4.69, 9.17) is 0 Å². The fourth-order valence-electron chi connectivity index (χ4n) is 0.370. The van der Waals surface area contributed by atoms with Crippen molar-refractivity contribution in [3.05, 3.63) is 0 Å². The third-order valence-electron chi connectivity index (χ3n) is 1.18. The summed E-state index contributed by atoms with van der Waals surface area (Å²) in [7, 11) is -0.301. The van der Waals surface area contributed by atoms with Gasteiger partial charge in [-0.25, -0.2) is 0 Å². The minimum absolute atomic E-state index is 0.301. The highest BCUT2D eigenvalue weighted by Gasteiger charge is 1.90. The summed E-state index contributed by atoms with van der Waals surface area (Å²) < 4.78 is 0. The van der Waals surface area contributed by atoms with E-state index in [2.05, 4.69) is 38.4 Å². The average Bonchev–Trinajstić information content (AvgIpc) is 1.83. The van der Waals surface area contributed by atoms with Crippen LogP contribution >= 0.6 is 0 Å². The van der Waals surface area contributed by atoms with Gasteiger partial charge >= 0.3 is 0 Å². The van der Waals surface area contributed by atoms with Gasteiger partial charge in [0.25, 0.3) is 0 Å². The summed E-state index contributed by atoms with van der Waals surface area (Å²) in [6, 6.07) is 0. The molecule has 0 rings (SSSR count). The van der Waals surface area contributed by atoms with Gasteiger partial charge in [-0.2, -0.15) is 0 Å². The van der Waals surface area contributed by atoms with Crippen LogP contribution in [0.2, 0.25) is 13.1 Å². The van der Waals surface area contributed by atoms with Crippen molar-refractivity contribution in [1.29, 1.82) is 0 Å². The van der Waals surface area contributed by atoms with Crippen LogP contribution in [0.1, 0.15) is 20.3 Å². The van der Waals surface area contributed by atoms with Crippen molar-refractivity contribution in [2.45, 2.75) is 33.4 Å². The fourth-order valence-corrected chi connectivity index (χ4v) is 0.905. The van der Waals surface area contributed by atoms with Gasteiger partial charge in [-0.3, -0.25) is 0 Å². The second-order valence-electron chi connectivity index (χ2n) is 2.58. The topological polar surface area (TPSA) is 0 Å². The third kappa shape index (κ3) is 5.65. The van der Waals surface area contributed by atoms with Gasteiger partial charge in [0, 0.05) is 5.92 Å². The highest BCUT2D eigenvalue weighted by atomic mass is 28.3. The molecule has 0 aliphatic rings. The molecule has 0 aromatic rings. The van der Waals surface area contributed by atoms with Crippen LogP contribution < -0.4 is 0 Å². The lowest BCUT2D eigenvalue weighted by atomic mass is 10.1. The van der Waals surface area contributed by atoms with Gasteiger partial charge < -0.3 is 0 Å². The zero-order valence-electron chi connectivity index (χ0n) is 6.78. The molecule has 1 heteroatoms. The third-order valence-corrected chi connectivity index (χ3v) is 1.83. The van der Waals surface area contributed by atoms with Crippen molar-refractivity contribution >= 4 is 8.80 Å². The summed E-state index contributed by atoms with van der Waals surface area (Å²) in [6.07, 6.45) is 1.18. The highest BCUT2D eigenvalue weighted by Crippen LogP contribution is 1.96. The quantitative estimate of drug-likeness (QED) is 0.386. The summed E-state index contributed by atoms with van der Waals surface area (Å²) in [5.74, 6) is 3.83. The zero-order valence-corrected chi connectivity index (χ0v) is 7.78. The van der Waals surface area contributed by atoms with Gasteiger partial charge in [0.1, 0.15) is 8.80 Å². The standard InChI is InChI=1S/C8H15Si/c1-5-8(2)6-7-9(3)4/h8H,5H2,1-4H3. The first-order valence-electron chi connectivity index (χ1n) is 3.48. The molecule has 0 aromatic heterocycles. The molecule has 0 N–H and O–H groups in total. The van der Waals surface area contributed by atoms with Crippen molar-refractivity contribution in [2.24, 2.45) is 5.92 Å². The first-order valence-corrected chi connectivity index (χ1v) is 5.98. The maximum Gasteiger partial charge on any atom is 0.138 e. The number of hydrogen-bond acceptors (Lipinski definition) is 0. The molecule has 1 radical (unpaired) electrons. The van der Waals surface area contributed by atoms with Crippen molar-refractivity contribution in [2.75, 3.05) is 0 Å². The van der Waals surface area contributed by atoms with Gasteiger partial charge in [0.2, 0.25) is 0 Å². The van der Waals surface area contributed by atoms with Crippen LogP contribution in [0.3, 0.4) is 0 Å². The Morgan fingerprint density at radius 1 is 1.44 bits per heavy atom. The smallest absolute Gasteiger partial charge is 0.133 e. The maximum absolute atomic E-state index is 3.25. The Labute approximate surface area is 60.3 Å². The summed E-state index contributed by atoms with van der Waals surface area (Å²) in [6.45, 7) is 8.80. The molecule has 0 saturated carbocycles. The van der Waals surface area contributed by atoms with E-state index in [1.807, 2.05) is 0 Å². The minimum atomic E-state index is -0.301. The Morgan fingerprint density at radius 2 is 2.00 bits per heavy atom. The molecule has 51 valence electrons. The van der Waals surface area contributed by atoms with E-state index in [1.165, 1.54) is 6.42 Å². The van der Waals surface area contributed by atoms with Gasteiger partial charge in [-0.15, -0.1) is 11.5 Å². The lowest BCUT2D eigenvalue weighted by Crippen LogP contribution is -1.95. The second kappa shape index (κ2) is 4.64. The molecule has 9 heavy (non-hydrogen) atoms. The van der Waals surface area contributed by atoms with Gasteiger partial charge in [0.05, 0.1) is 0 Å². The molecular formula is C8H15Si. The summed E-state index contributed by atoms with van der Waals surface area (Å²) in [5, 5.41) is 0. The predicted molar refractivity (Wildman–Crippen MR) is 44.7 cm³/mol. The van der Waals surface area contributed by atoms with Crippen LogP contribution in [0, 0.1) is 17.4 Å². The van der Waals surface area contributed by atoms with E-state index in [9.17, 15) is 0 Å². The monoisotopic (exact) mass is 139 g/mol. The molecule has 0 aromatic carbocycles. The Bertz CT molecular complexity index is 116. The summed E-state index contributed by atoms with van der Waals surface area (Å²) in [5.41, 5.74) is 3.25. The predicted octanol–water partition coefficient (Wildman–Crippen LogP) is 2.33. The van der Waals surface area contributed by atoms with Crippen LogP contribution in [0.5, 0.6) is 0 Å². The normalized spacial score (nSPS) is 12.6. The summed E-state index contributed by atoms with van der Waals surface area (Å²) >= 11 is 0. The van der Waals surface area contributed by atoms with Gasteiger partial charge in [-0.1, -0.05) is 26.9 Å². The van der Waals surface area contributed by atoms with E-state index in [-0.39, 0.29) is 8.80 Å². The Morgan fingerprint density at radius 3 is 2.33 bits per heavy atom. The van der Waals surface area contributed by atoms with Crippen molar-refractivity contribution in [3.8, 4) is 11.5 Å². The molecule has 0 aliphatic carbocycles. The average molecular weight is 139 g/mol. The molecule has 0 saturated heterocycles. The zero-order chi connectivity index (χ0) is 7.28. The van der Waals surface area contributed by atoms with Crippen molar-refractivity contribution < 1.29 is 0 Å². The van der Waals surface area contributed by atoms with Crippen molar-refractivity contribution in [1.82, 2.24) is 0 Å². The van der Waals surface area contributed by atoms with Crippen LogP contribution in [-0.2, 0) is 0 Å². The molecule has 1 atom stereocenters. The fraction of sp³-hybridized carbons (Fsp3) is 0.750. The van der Waals surface area contributed by atoms with Crippen LogP contribution in [0.15, 0.2) is 0 Å². The van der Waals surface area contributed by atoms with E-state index in [0.717, 1.165) is 0 Å². The van der Waals surface area contributed by atoms with E-state index < -0.39 is 0 Å². The second-order valence-corrected chi connectivity index (χ2v) is 4.83. The lowest BCUT2D eigenvalue weighted by molar-refractivity contribution is 0.724. The van der Waals surface area contributed by atoms with Crippen LogP contribution in [0.4, 0.5) is 0 Å². The highest BCUT2D eigenvalue weighted by molar-refractivity contribution is 6.64. The summed E-state index contributed by atoms with van der Waals surface area (Å²) in [4.78, 5) is 0. The first kappa shape index (κ1) is 8.78. The molecule has 0 amide bonds. The largest absolute Gasteiger partial charge is 0.138 e. The molecule has 0 aliphatic heterocycles. The molecule has 0 heterocycles. The Hall–Kier alpha value is -0.223. The first-order chi connectivity index (χ1) is 4.16. The molecule has 0 nitrogen and oxygen atoms in total. The van der Waals surface area contributed by atoms with E-state index in [1.54, 1.807) is 0 Å². The Balaban J connectivity index is 3.58. The Kier molecular flexibility index (Phi) is 4.52. The SMILES string of the molecule is CCC(C)C#C[Si](C)C. The maximum atomic E-state index is 3.25.